The molecule has 2 rings (SSSR count). The Labute approximate surface area is 97.7 Å². The van der Waals surface area contributed by atoms with Crippen molar-refractivity contribution in [2.24, 2.45) is 5.10 Å². The highest BCUT2D eigenvalue weighted by molar-refractivity contribution is 6.43. The second-order valence-corrected chi connectivity index (χ2v) is 3.87. The van der Waals surface area contributed by atoms with Gasteiger partial charge in [-0.05, 0) is 13.8 Å². The zero-order valence-electron chi connectivity index (χ0n) is 9.63. The molecule has 1 aromatic rings. The number of aromatic nitrogens is 2. The van der Waals surface area contributed by atoms with Crippen molar-refractivity contribution < 1.29 is 9.59 Å². The summed E-state index contributed by atoms with van der Waals surface area (Å²) in [7, 11) is 0. The van der Waals surface area contributed by atoms with E-state index in [1.54, 1.807) is 0 Å². The number of nitrogens with one attached hydrogen (secondary N) is 3. The SMILES string of the molecule is Cc1[nH]nc(NC(=O)C2=NNC(=O)CC2)c1C. The maximum atomic E-state index is 11.8. The number of aryl methyl sites for hydroxylation is 1. The quantitative estimate of drug-likeness (QED) is 0.684. The number of anilines is 1. The number of nitrogens with zero attached hydrogens (tertiary/aromatic N) is 2. The highest BCUT2D eigenvalue weighted by Gasteiger charge is 2.19. The molecule has 0 saturated heterocycles. The molecule has 1 aliphatic rings. The highest BCUT2D eigenvalue weighted by atomic mass is 16.2. The number of hydrogen-bond donors (Lipinski definition) is 3. The van der Waals surface area contributed by atoms with Crippen molar-refractivity contribution in [3.63, 3.8) is 0 Å². The minimum Gasteiger partial charge on any atom is -0.304 e. The zero-order valence-corrected chi connectivity index (χ0v) is 9.63. The largest absolute Gasteiger partial charge is 0.304 e. The molecule has 3 N–H and O–H groups in total. The smallest absolute Gasteiger partial charge is 0.273 e. The van der Waals surface area contributed by atoms with Crippen LogP contribution in [0.1, 0.15) is 24.1 Å². The van der Waals surface area contributed by atoms with Gasteiger partial charge in [0.2, 0.25) is 5.91 Å². The predicted octanol–water partition coefficient (Wildman–Crippen LogP) is 0.231. The Morgan fingerprint density at radius 2 is 2.12 bits per heavy atom. The minimum atomic E-state index is -0.334. The molecule has 90 valence electrons. The summed E-state index contributed by atoms with van der Waals surface area (Å²) in [5.74, 6) is -0.0138. The van der Waals surface area contributed by atoms with Crippen molar-refractivity contribution >= 4 is 23.3 Å². The summed E-state index contributed by atoms with van der Waals surface area (Å²) >= 11 is 0. The molecule has 1 aliphatic heterocycles. The molecule has 7 heteroatoms. The van der Waals surface area contributed by atoms with Gasteiger partial charge in [-0.15, -0.1) is 0 Å². The fourth-order valence-electron chi connectivity index (χ4n) is 1.42. The summed E-state index contributed by atoms with van der Waals surface area (Å²) in [5, 5.41) is 13.1. The van der Waals surface area contributed by atoms with Gasteiger partial charge in [0.25, 0.3) is 5.91 Å². The average molecular weight is 235 g/mol. The summed E-state index contributed by atoms with van der Waals surface area (Å²) < 4.78 is 0. The van der Waals surface area contributed by atoms with Gasteiger partial charge in [0.05, 0.1) is 0 Å². The topological polar surface area (TPSA) is 99.2 Å². The second kappa shape index (κ2) is 4.36. The summed E-state index contributed by atoms with van der Waals surface area (Å²) in [6.45, 7) is 3.73. The maximum Gasteiger partial charge on any atom is 0.273 e. The first-order valence-corrected chi connectivity index (χ1v) is 5.26. The molecule has 2 heterocycles. The third-order valence-corrected chi connectivity index (χ3v) is 2.65. The second-order valence-electron chi connectivity index (χ2n) is 3.87. The van der Waals surface area contributed by atoms with E-state index in [0.717, 1.165) is 11.3 Å². The van der Waals surface area contributed by atoms with E-state index in [2.05, 4.69) is 26.0 Å². The number of hydrazone groups is 1. The Hall–Kier alpha value is -2.18. The molecule has 0 aliphatic carbocycles. The molecular weight excluding hydrogens is 222 g/mol. The first kappa shape index (κ1) is 11.3. The lowest BCUT2D eigenvalue weighted by molar-refractivity contribution is -0.121. The molecule has 2 amide bonds. The van der Waals surface area contributed by atoms with E-state index in [0.29, 0.717) is 18.0 Å². The lowest BCUT2D eigenvalue weighted by Crippen LogP contribution is -2.33. The van der Waals surface area contributed by atoms with Gasteiger partial charge in [-0.1, -0.05) is 0 Å². The molecular formula is C10H13N5O2. The molecule has 7 nitrogen and oxygen atoms in total. The van der Waals surface area contributed by atoms with Gasteiger partial charge in [-0.2, -0.15) is 10.2 Å². The fraction of sp³-hybridized carbons (Fsp3) is 0.400. The van der Waals surface area contributed by atoms with Crippen LogP contribution in [-0.4, -0.2) is 27.7 Å². The molecule has 0 unspecified atom stereocenters. The average Bonchev–Trinajstić information content (AvgIpc) is 2.62. The summed E-state index contributed by atoms with van der Waals surface area (Å²) in [6.07, 6.45) is 0.630. The molecule has 0 saturated carbocycles. The first-order valence-electron chi connectivity index (χ1n) is 5.26. The van der Waals surface area contributed by atoms with Crippen molar-refractivity contribution in [3.05, 3.63) is 11.3 Å². The van der Waals surface area contributed by atoms with Gasteiger partial charge < -0.3 is 5.32 Å². The van der Waals surface area contributed by atoms with Gasteiger partial charge in [0.15, 0.2) is 5.82 Å². The fourth-order valence-corrected chi connectivity index (χ4v) is 1.42. The van der Waals surface area contributed by atoms with E-state index in [4.69, 9.17) is 0 Å². The van der Waals surface area contributed by atoms with Gasteiger partial charge in [0, 0.05) is 24.1 Å². The van der Waals surface area contributed by atoms with Gasteiger partial charge in [-0.3, -0.25) is 14.7 Å². The number of amides is 2. The van der Waals surface area contributed by atoms with Crippen LogP contribution in [0.4, 0.5) is 5.82 Å². The van der Waals surface area contributed by atoms with Crippen molar-refractivity contribution in [1.82, 2.24) is 15.6 Å². The Balaban J connectivity index is 2.07. The summed E-state index contributed by atoms with van der Waals surface area (Å²) in [6, 6.07) is 0. The van der Waals surface area contributed by atoms with Crippen LogP contribution in [0.5, 0.6) is 0 Å². The van der Waals surface area contributed by atoms with Crippen LogP contribution in [0.2, 0.25) is 0 Å². The zero-order chi connectivity index (χ0) is 12.4. The van der Waals surface area contributed by atoms with E-state index in [1.807, 2.05) is 13.8 Å². The minimum absolute atomic E-state index is 0.173. The molecule has 0 atom stereocenters. The molecule has 0 radical (unpaired) electrons. The molecule has 0 bridgehead atoms. The van der Waals surface area contributed by atoms with Crippen molar-refractivity contribution in [2.75, 3.05) is 5.32 Å². The third-order valence-electron chi connectivity index (χ3n) is 2.65. The Bertz CT molecular complexity index is 503. The number of hydrogen-bond acceptors (Lipinski definition) is 4. The maximum absolute atomic E-state index is 11.8. The van der Waals surface area contributed by atoms with Crippen LogP contribution in [0.25, 0.3) is 0 Å². The monoisotopic (exact) mass is 235 g/mol. The summed E-state index contributed by atoms with van der Waals surface area (Å²) in [5.41, 5.74) is 4.38. The molecule has 0 aromatic carbocycles. The predicted molar refractivity (Wildman–Crippen MR) is 61.5 cm³/mol. The van der Waals surface area contributed by atoms with E-state index in [1.165, 1.54) is 0 Å². The van der Waals surface area contributed by atoms with Crippen molar-refractivity contribution in [2.45, 2.75) is 26.7 Å². The lowest BCUT2D eigenvalue weighted by atomic mass is 10.1. The summed E-state index contributed by atoms with van der Waals surface area (Å²) in [4.78, 5) is 22.7. The number of H-pyrrole nitrogens is 1. The van der Waals surface area contributed by atoms with Crippen LogP contribution in [-0.2, 0) is 9.59 Å². The normalized spacial score (nSPS) is 15.2. The Morgan fingerprint density at radius 3 is 2.65 bits per heavy atom. The van der Waals surface area contributed by atoms with Crippen LogP contribution < -0.4 is 10.7 Å². The van der Waals surface area contributed by atoms with Crippen molar-refractivity contribution in [1.29, 1.82) is 0 Å². The van der Waals surface area contributed by atoms with E-state index < -0.39 is 0 Å². The van der Waals surface area contributed by atoms with E-state index in [9.17, 15) is 9.59 Å². The van der Waals surface area contributed by atoms with Crippen LogP contribution >= 0.6 is 0 Å². The molecule has 17 heavy (non-hydrogen) atoms. The van der Waals surface area contributed by atoms with E-state index in [-0.39, 0.29) is 18.2 Å². The number of aromatic amines is 1. The van der Waals surface area contributed by atoms with Crippen LogP contribution in [0.15, 0.2) is 5.10 Å². The van der Waals surface area contributed by atoms with Gasteiger partial charge >= 0.3 is 0 Å². The standard InChI is InChI=1S/C10H13N5O2/c1-5-6(2)12-15-9(5)11-10(17)7-3-4-8(16)14-13-7/h3-4H2,1-2H3,(H,14,16)(H2,11,12,15,17). The molecule has 1 aromatic heterocycles. The lowest BCUT2D eigenvalue weighted by Gasteiger charge is -2.11. The van der Waals surface area contributed by atoms with Gasteiger partial charge in [0.1, 0.15) is 5.71 Å². The molecule has 0 fully saturated rings. The Kier molecular flexibility index (Phi) is 2.90. The van der Waals surface area contributed by atoms with Crippen LogP contribution in [0.3, 0.4) is 0 Å². The molecule has 0 spiro atoms. The number of carbonyl (C=O) groups excluding carboxylic acids is 2. The third kappa shape index (κ3) is 2.32. The highest BCUT2D eigenvalue weighted by Crippen LogP contribution is 2.14. The Morgan fingerprint density at radius 1 is 1.35 bits per heavy atom. The first-order chi connectivity index (χ1) is 8.08. The number of carbonyl (C=O) groups is 2. The van der Waals surface area contributed by atoms with E-state index >= 15 is 0 Å². The number of rotatable bonds is 2. The van der Waals surface area contributed by atoms with Gasteiger partial charge in [-0.25, -0.2) is 5.43 Å². The van der Waals surface area contributed by atoms with Crippen LogP contribution in [0, 0.1) is 13.8 Å². The van der Waals surface area contributed by atoms with Crippen molar-refractivity contribution in [3.8, 4) is 0 Å².